The van der Waals surface area contributed by atoms with Gasteiger partial charge in [-0.15, -0.1) is 0 Å². The Balaban J connectivity index is 1.65. The number of hydrogen-bond donors (Lipinski definition) is 0. The maximum atomic E-state index is 13.2. The summed E-state index contributed by atoms with van der Waals surface area (Å²) in [5.74, 6) is -0.204. The number of halogens is 6. The molecule has 0 spiro atoms. The van der Waals surface area contributed by atoms with Crippen molar-refractivity contribution in [1.29, 1.82) is 0 Å². The van der Waals surface area contributed by atoms with E-state index in [0.717, 1.165) is 4.90 Å². The Labute approximate surface area is 189 Å². The minimum absolute atomic E-state index is 0.0172. The molecular weight excluding hydrogens is 468 g/mol. The monoisotopic (exact) mass is 485 g/mol. The number of nitrogens with zero attached hydrogens (tertiary/aromatic N) is 3. The molecule has 0 N–H and O–H groups in total. The minimum Gasteiger partial charge on any atom is -0.497 e. The van der Waals surface area contributed by atoms with Crippen molar-refractivity contribution < 1.29 is 40.4 Å². The molecule has 1 aliphatic rings. The largest absolute Gasteiger partial charge is 0.497 e. The number of amides is 1. The van der Waals surface area contributed by atoms with E-state index in [1.165, 1.54) is 7.11 Å². The Hall–Kier alpha value is -3.57. The van der Waals surface area contributed by atoms with E-state index in [-0.39, 0.29) is 24.3 Å². The fourth-order valence-corrected chi connectivity index (χ4v) is 3.76. The highest BCUT2D eigenvalue weighted by Crippen LogP contribution is 2.38. The van der Waals surface area contributed by atoms with Gasteiger partial charge in [0.2, 0.25) is 11.7 Å². The number of carbonyl (C=O) groups is 1. The quantitative estimate of drug-likeness (QED) is 0.440. The molecule has 12 heteroatoms. The van der Waals surface area contributed by atoms with Crippen molar-refractivity contribution in [3.05, 3.63) is 65.0 Å². The number of aromatic nitrogens is 2. The van der Waals surface area contributed by atoms with Crippen molar-refractivity contribution in [2.24, 2.45) is 0 Å². The molecule has 1 amide bonds. The molecule has 0 bridgehead atoms. The fourth-order valence-electron chi connectivity index (χ4n) is 3.76. The second-order valence-electron chi connectivity index (χ2n) is 7.64. The number of alkyl halides is 6. The third-order valence-electron chi connectivity index (χ3n) is 5.40. The molecule has 0 aliphatic carbocycles. The van der Waals surface area contributed by atoms with E-state index < -0.39 is 41.0 Å². The second-order valence-corrected chi connectivity index (χ2v) is 7.64. The lowest BCUT2D eigenvalue weighted by atomic mass is 10.0. The van der Waals surface area contributed by atoms with E-state index in [2.05, 4.69) is 10.1 Å². The van der Waals surface area contributed by atoms with Gasteiger partial charge in [-0.05, 0) is 43.2 Å². The van der Waals surface area contributed by atoms with Crippen molar-refractivity contribution in [1.82, 2.24) is 15.0 Å². The second kappa shape index (κ2) is 8.65. The SMILES string of the molecule is COc1cccc(-c2noc(C3CCCN3C(=O)c3cc(C(F)(F)F)cc(C(F)(F)F)c3)n2)c1. The lowest BCUT2D eigenvalue weighted by Crippen LogP contribution is -2.31. The van der Waals surface area contributed by atoms with Crippen molar-refractivity contribution in [3.63, 3.8) is 0 Å². The molecule has 0 saturated carbocycles. The molecule has 1 saturated heterocycles. The Morgan fingerprint density at radius 1 is 1.06 bits per heavy atom. The van der Waals surface area contributed by atoms with E-state index in [9.17, 15) is 31.1 Å². The van der Waals surface area contributed by atoms with Gasteiger partial charge in [0.15, 0.2) is 0 Å². The molecule has 0 radical (unpaired) electrons. The van der Waals surface area contributed by atoms with E-state index in [1.54, 1.807) is 24.3 Å². The summed E-state index contributed by atoms with van der Waals surface area (Å²) < 4.78 is 89.7. The molecular formula is C22H17F6N3O3. The van der Waals surface area contributed by atoms with Crippen LogP contribution in [0.5, 0.6) is 5.75 Å². The van der Waals surface area contributed by atoms with Crippen LogP contribution in [-0.4, -0.2) is 34.6 Å². The Morgan fingerprint density at radius 3 is 2.35 bits per heavy atom. The summed E-state index contributed by atoms with van der Waals surface area (Å²) >= 11 is 0. The summed E-state index contributed by atoms with van der Waals surface area (Å²) in [6.07, 6.45) is -9.30. The predicted molar refractivity (Wildman–Crippen MR) is 106 cm³/mol. The third kappa shape index (κ3) is 4.70. The summed E-state index contributed by atoms with van der Waals surface area (Å²) in [7, 11) is 1.49. The zero-order valence-corrected chi connectivity index (χ0v) is 17.6. The number of benzene rings is 2. The number of hydrogen-bond acceptors (Lipinski definition) is 5. The van der Waals surface area contributed by atoms with Crippen LogP contribution in [-0.2, 0) is 12.4 Å². The molecule has 2 aromatic carbocycles. The Kier molecular flexibility index (Phi) is 6.00. The minimum atomic E-state index is -5.06. The summed E-state index contributed by atoms with van der Waals surface area (Å²) in [6.45, 7) is 0.109. The van der Waals surface area contributed by atoms with Crippen LogP contribution in [0.2, 0.25) is 0 Å². The first-order valence-electron chi connectivity index (χ1n) is 10.1. The zero-order chi connectivity index (χ0) is 24.7. The highest BCUT2D eigenvalue weighted by atomic mass is 19.4. The zero-order valence-electron chi connectivity index (χ0n) is 17.6. The Morgan fingerprint density at radius 2 is 1.74 bits per heavy atom. The Bertz CT molecular complexity index is 1170. The van der Waals surface area contributed by atoms with Gasteiger partial charge in [-0.25, -0.2) is 0 Å². The maximum Gasteiger partial charge on any atom is 0.416 e. The van der Waals surface area contributed by atoms with Gasteiger partial charge in [0.25, 0.3) is 5.91 Å². The molecule has 1 aliphatic heterocycles. The van der Waals surface area contributed by atoms with Gasteiger partial charge >= 0.3 is 12.4 Å². The number of rotatable bonds is 4. The first kappa shape index (κ1) is 23.6. The summed E-state index contributed by atoms with van der Waals surface area (Å²) in [4.78, 5) is 18.5. The van der Waals surface area contributed by atoms with Crippen molar-refractivity contribution >= 4 is 5.91 Å². The van der Waals surface area contributed by atoms with Crippen molar-refractivity contribution in [2.45, 2.75) is 31.2 Å². The predicted octanol–water partition coefficient (Wildman–Crippen LogP) is 5.76. The van der Waals surface area contributed by atoms with Gasteiger partial charge in [0.05, 0.1) is 18.2 Å². The van der Waals surface area contributed by atoms with Crippen LogP contribution in [0.3, 0.4) is 0 Å². The number of methoxy groups -OCH3 is 1. The smallest absolute Gasteiger partial charge is 0.416 e. The highest BCUT2D eigenvalue weighted by Gasteiger charge is 2.40. The van der Waals surface area contributed by atoms with Crippen molar-refractivity contribution in [3.8, 4) is 17.1 Å². The molecule has 4 rings (SSSR count). The van der Waals surface area contributed by atoms with E-state index >= 15 is 0 Å². The molecule has 1 aromatic heterocycles. The van der Waals surface area contributed by atoms with E-state index in [1.807, 2.05) is 0 Å². The van der Waals surface area contributed by atoms with Gasteiger partial charge in [-0.2, -0.15) is 31.3 Å². The van der Waals surface area contributed by atoms with Gasteiger partial charge in [-0.1, -0.05) is 17.3 Å². The van der Waals surface area contributed by atoms with Crippen LogP contribution in [0.1, 0.15) is 46.3 Å². The fraction of sp³-hybridized carbons (Fsp3) is 0.318. The lowest BCUT2D eigenvalue weighted by Gasteiger charge is -2.23. The first-order chi connectivity index (χ1) is 16.0. The molecule has 2 heterocycles. The topological polar surface area (TPSA) is 68.5 Å². The average Bonchev–Trinajstić information content (AvgIpc) is 3.47. The van der Waals surface area contributed by atoms with Crippen LogP contribution >= 0.6 is 0 Å². The standard InChI is InChI=1S/C22H17F6N3O3/c1-33-16-5-2-4-12(10-16)18-29-19(34-30-18)17-6-3-7-31(17)20(32)13-8-14(21(23,24)25)11-15(9-13)22(26,27)28/h2,4-5,8-11,17H,3,6-7H2,1H3. The lowest BCUT2D eigenvalue weighted by molar-refractivity contribution is -0.143. The molecule has 1 unspecified atom stereocenters. The number of likely N-dealkylation sites (tertiary alicyclic amines) is 1. The molecule has 6 nitrogen and oxygen atoms in total. The van der Waals surface area contributed by atoms with Gasteiger partial charge in [0.1, 0.15) is 11.8 Å². The molecule has 3 aromatic rings. The molecule has 180 valence electrons. The first-order valence-corrected chi connectivity index (χ1v) is 10.1. The van der Waals surface area contributed by atoms with Crippen molar-refractivity contribution in [2.75, 3.05) is 13.7 Å². The highest BCUT2D eigenvalue weighted by molar-refractivity contribution is 5.95. The molecule has 34 heavy (non-hydrogen) atoms. The normalized spacial score (nSPS) is 16.7. The number of carbonyl (C=O) groups excluding carboxylic acids is 1. The molecule has 1 atom stereocenters. The van der Waals surface area contributed by atoms with Crippen LogP contribution in [0.15, 0.2) is 47.0 Å². The van der Waals surface area contributed by atoms with Gasteiger partial charge in [0, 0.05) is 17.7 Å². The third-order valence-corrected chi connectivity index (χ3v) is 5.40. The van der Waals surface area contributed by atoms with E-state index in [0.29, 0.717) is 36.3 Å². The van der Waals surface area contributed by atoms with E-state index in [4.69, 9.17) is 9.26 Å². The van der Waals surface area contributed by atoms with Crippen LogP contribution in [0.25, 0.3) is 11.4 Å². The maximum absolute atomic E-state index is 13.2. The van der Waals surface area contributed by atoms with Gasteiger partial charge in [-0.3, -0.25) is 4.79 Å². The summed E-state index contributed by atoms with van der Waals surface area (Å²) in [5, 5.41) is 3.89. The van der Waals surface area contributed by atoms with Gasteiger partial charge < -0.3 is 14.2 Å². The molecule has 1 fully saturated rings. The number of ether oxygens (including phenoxy) is 1. The summed E-state index contributed by atoms with van der Waals surface area (Å²) in [5.41, 5.74) is -3.27. The van der Waals surface area contributed by atoms with Crippen LogP contribution in [0, 0.1) is 0 Å². The van der Waals surface area contributed by atoms with Crippen LogP contribution < -0.4 is 4.74 Å². The van der Waals surface area contributed by atoms with Crippen LogP contribution in [0.4, 0.5) is 26.3 Å². The summed E-state index contributed by atoms with van der Waals surface area (Å²) in [6, 6.07) is 6.82. The average molecular weight is 485 g/mol.